The second-order valence-electron chi connectivity index (χ2n) is 6.21. The Kier molecular flexibility index (Phi) is 5.41. The molecule has 1 amide bonds. The van der Waals surface area contributed by atoms with Crippen molar-refractivity contribution in [1.82, 2.24) is 10.3 Å². The van der Waals surface area contributed by atoms with Crippen molar-refractivity contribution >= 4 is 22.2 Å². The van der Waals surface area contributed by atoms with Crippen molar-refractivity contribution in [2.75, 3.05) is 18.4 Å². The first-order chi connectivity index (χ1) is 11.2. The van der Waals surface area contributed by atoms with Crippen molar-refractivity contribution < 1.29 is 4.79 Å². The zero-order valence-electron chi connectivity index (χ0n) is 13.4. The van der Waals surface area contributed by atoms with Gasteiger partial charge in [-0.25, -0.2) is 4.98 Å². The van der Waals surface area contributed by atoms with Gasteiger partial charge in [-0.2, -0.15) is 0 Å². The number of carbonyl (C=O) groups is 1. The normalized spacial score (nSPS) is 16.9. The monoisotopic (exact) mass is 329 g/mol. The number of benzene rings is 1. The van der Waals surface area contributed by atoms with Gasteiger partial charge in [0.05, 0.1) is 5.51 Å². The highest BCUT2D eigenvalue weighted by Crippen LogP contribution is 2.31. The van der Waals surface area contributed by atoms with Crippen LogP contribution in [-0.4, -0.2) is 24.0 Å². The molecule has 0 saturated carbocycles. The molecule has 1 atom stereocenters. The molecule has 122 valence electrons. The fourth-order valence-corrected chi connectivity index (χ4v) is 3.91. The molecule has 23 heavy (non-hydrogen) atoms. The van der Waals surface area contributed by atoms with E-state index in [1.807, 2.05) is 30.3 Å². The van der Waals surface area contributed by atoms with E-state index in [9.17, 15) is 4.79 Å². The Bertz CT molecular complexity index is 635. The molecule has 1 aliphatic rings. The first kappa shape index (κ1) is 16.1. The zero-order valence-corrected chi connectivity index (χ0v) is 14.2. The maximum absolute atomic E-state index is 12.4. The van der Waals surface area contributed by atoms with Gasteiger partial charge in [0, 0.05) is 12.0 Å². The second-order valence-corrected chi connectivity index (χ2v) is 7.07. The molecule has 3 rings (SSSR count). The molecule has 2 heterocycles. The number of thiazole rings is 1. The number of nitrogens with zero attached hydrogens (tertiary/aromatic N) is 1. The number of nitrogens with one attached hydrogen (secondary N) is 2. The second kappa shape index (κ2) is 7.70. The van der Waals surface area contributed by atoms with E-state index in [4.69, 9.17) is 0 Å². The van der Waals surface area contributed by atoms with Crippen LogP contribution < -0.4 is 10.6 Å². The third-order valence-electron chi connectivity index (χ3n) is 4.56. The molecule has 5 heteroatoms. The summed E-state index contributed by atoms with van der Waals surface area (Å²) in [5.41, 5.74) is 3.68. The summed E-state index contributed by atoms with van der Waals surface area (Å²) in [5.74, 6) is 1.17. The van der Waals surface area contributed by atoms with E-state index in [1.54, 1.807) is 5.51 Å². The van der Waals surface area contributed by atoms with Gasteiger partial charge in [0.2, 0.25) is 5.91 Å². The van der Waals surface area contributed by atoms with Crippen LogP contribution in [-0.2, 0) is 4.79 Å². The Balaban J connectivity index is 1.61. The lowest BCUT2D eigenvalue weighted by Gasteiger charge is -2.27. The number of amides is 1. The van der Waals surface area contributed by atoms with Crippen molar-refractivity contribution in [3.8, 4) is 11.3 Å². The molecule has 2 aromatic rings. The number of anilines is 1. The average Bonchev–Trinajstić information content (AvgIpc) is 3.04. The first-order valence-corrected chi connectivity index (χ1v) is 9.11. The van der Waals surface area contributed by atoms with Gasteiger partial charge in [0.25, 0.3) is 0 Å². The van der Waals surface area contributed by atoms with Crippen LogP contribution in [0.4, 0.5) is 5.00 Å². The Morgan fingerprint density at radius 2 is 2.09 bits per heavy atom. The minimum Gasteiger partial charge on any atom is -0.317 e. The molecule has 1 fully saturated rings. The van der Waals surface area contributed by atoms with E-state index in [0.717, 1.165) is 29.3 Å². The SMILES string of the molecule is CC(CC(=O)Nc1scnc1-c1ccccc1)C1CCNCC1. The summed E-state index contributed by atoms with van der Waals surface area (Å²) < 4.78 is 0. The number of hydrogen-bond donors (Lipinski definition) is 2. The van der Waals surface area contributed by atoms with Crippen LogP contribution >= 0.6 is 11.3 Å². The van der Waals surface area contributed by atoms with Gasteiger partial charge in [0.15, 0.2) is 0 Å². The van der Waals surface area contributed by atoms with Crippen molar-refractivity contribution in [2.45, 2.75) is 26.2 Å². The van der Waals surface area contributed by atoms with Gasteiger partial charge >= 0.3 is 0 Å². The molecule has 0 aliphatic carbocycles. The summed E-state index contributed by atoms with van der Waals surface area (Å²) in [6, 6.07) is 9.98. The van der Waals surface area contributed by atoms with Gasteiger partial charge < -0.3 is 10.6 Å². The highest BCUT2D eigenvalue weighted by atomic mass is 32.1. The summed E-state index contributed by atoms with van der Waals surface area (Å²) >= 11 is 1.48. The minimum absolute atomic E-state index is 0.0949. The molecule has 4 nitrogen and oxygen atoms in total. The molecule has 2 N–H and O–H groups in total. The first-order valence-electron chi connectivity index (χ1n) is 8.23. The van der Waals surface area contributed by atoms with Crippen LogP contribution in [0.1, 0.15) is 26.2 Å². The molecular formula is C18H23N3OS. The molecule has 1 saturated heterocycles. The van der Waals surface area contributed by atoms with Crippen LogP contribution in [0.3, 0.4) is 0 Å². The number of aromatic nitrogens is 1. The third-order valence-corrected chi connectivity index (χ3v) is 5.31. The molecule has 1 aromatic heterocycles. The van der Waals surface area contributed by atoms with E-state index in [1.165, 1.54) is 24.2 Å². The summed E-state index contributed by atoms with van der Waals surface area (Å²) in [4.78, 5) is 16.8. The number of hydrogen-bond acceptors (Lipinski definition) is 4. The van der Waals surface area contributed by atoms with Gasteiger partial charge in [-0.1, -0.05) is 37.3 Å². The lowest BCUT2D eigenvalue weighted by molar-refractivity contribution is -0.117. The van der Waals surface area contributed by atoms with Crippen LogP contribution in [0, 0.1) is 11.8 Å². The van der Waals surface area contributed by atoms with Gasteiger partial charge in [-0.05, 0) is 37.8 Å². The van der Waals surface area contributed by atoms with Gasteiger partial charge in [-0.15, -0.1) is 11.3 Å². The number of carbonyl (C=O) groups excluding carboxylic acids is 1. The average molecular weight is 329 g/mol. The lowest BCUT2D eigenvalue weighted by atomic mass is 9.84. The summed E-state index contributed by atoms with van der Waals surface area (Å²) in [7, 11) is 0. The van der Waals surface area contributed by atoms with E-state index < -0.39 is 0 Å². The Hall–Kier alpha value is -1.72. The number of rotatable bonds is 5. The van der Waals surface area contributed by atoms with Gasteiger partial charge in [0.1, 0.15) is 10.7 Å². The minimum atomic E-state index is 0.0949. The molecule has 1 aromatic carbocycles. The third kappa shape index (κ3) is 4.18. The molecule has 0 bridgehead atoms. The predicted molar refractivity (Wildman–Crippen MR) is 95.6 cm³/mol. The summed E-state index contributed by atoms with van der Waals surface area (Å²) in [5, 5.41) is 7.28. The standard InChI is InChI=1S/C18H23N3OS/c1-13(14-7-9-19-10-8-14)11-16(22)21-18-17(20-12-23-18)15-5-3-2-4-6-15/h2-6,12-14,19H,7-11H2,1H3,(H,21,22). The fourth-order valence-electron chi connectivity index (χ4n) is 3.19. The largest absolute Gasteiger partial charge is 0.317 e. The molecule has 1 unspecified atom stereocenters. The predicted octanol–water partition coefficient (Wildman–Crippen LogP) is 3.77. The molecule has 1 aliphatic heterocycles. The van der Waals surface area contributed by atoms with E-state index >= 15 is 0 Å². The Morgan fingerprint density at radius 1 is 1.35 bits per heavy atom. The quantitative estimate of drug-likeness (QED) is 0.878. The molecular weight excluding hydrogens is 306 g/mol. The summed E-state index contributed by atoms with van der Waals surface area (Å²) in [6.07, 6.45) is 2.92. The van der Waals surface area contributed by atoms with E-state index in [-0.39, 0.29) is 5.91 Å². The van der Waals surface area contributed by atoms with E-state index in [0.29, 0.717) is 18.3 Å². The van der Waals surface area contributed by atoms with Crippen LogP contribution in [0.2, 0.25) is 0 Å². The maximum Gasteiger partial charge on any atom is 0.225 e. The number of piperidine rings is 1. The zero-order chi connectivity index (χ0) is 16.1. The highest BCUT2D eigenvalue weighted by Gasteiger charge is 2.22. The summed E-state index contributed by atoms with van der Waals surface area (Å²) in [6.45, 7) is 4.34. The maximum atomic E-state index is 12.4. The van der Waals surface area contributed by atoms with Crippen molar-refractivity contribution in [3.63, 3.8) is 0 Å². The van der Waals surface area contributed by atoms with E-state index in [2.05, 4.69) is 22.5 Å². The molecule has 0 spiro atoms. The Labute approximate surface area is 141 Å². The lowest BCUT2D eigenvalue weighted by Crippen LogP contribution is -2.32. The van der Waals surface area contributed by atoms with Crippen molar-refractivity contribution in [2.24, 2.45) is 11.8 Å². The van der Waals surface area contributed by atoms with Gasteiger partial charge in [-0.3, -0.25) is 4.79 Å². The topological polar surface area (TPSA) is 54.0 Å². The van der Waals surface area contributed by atoms with Crippen LogP contribution in [0.25, 0.3) is 11.3 Å². The molecule has 0 radical (unpaired) electrons. The highest BCUT2D eigenvalue weighted by molar-refractivity contribution is 7.14. The fraction of sp³-hybridized carbons (Fsp3) is 0.444. The van der Waals surface area contributed by atoms with Crippen molar-refractivity contribution in [1.29, 1.82) is 0 Å². The van der Waals surface area contributed by atoms with Crippen LogP contribution in [0.15, 0.2) is 35.8 Å². The smallest absolute Gasteiger partial charge is 0.225 e. The Morgan fingerprint density at radius 3 is 2.83 bits per heavy atom. The van der Waals surface area contributed by atoms with Crippen LogP contribution in [0.5, 0.6) is 0 Å². The van der Waals surface area contributed by atoms with Crippen molar-refractivity contribution in [3.05, 3.63) is 35.8 Å².